The van der Waals surface area contributed by atoms with E-state index in [2.05, 4.69) is 19.7 Å². The zero-order chi connectivity index (χ0) is 14.2. The second-order valence-corrected chi connectivity index (χ2v) is 6.16. The average molecular weight is 288 g/mol. The maximum atomic E-state index is 11.2. The lowest BCUT2D eigenvalue weighted by Gasteiger charge is -2.04. The van der Waals surface area contributed by atoms with Crippen LogP contribution in [0.3, 0.4) is 0 Å². The van der Waals surface area contributed by atoms with Crippen molar-refractivity contribution in [2.75, 3.05) is 11.0 Å². The molecule has 6 nitrogen and oxygen atoms in total. The summed E-state index contributed by atoms with van der Waals surface area (Å²) in [5, 5.41) is 0. The summed E-state index contributed by atoms with van der Waals surface area (Å²) in [6.07, 6.45) is 2.79. The number of anilines is 1. The number of H-pyrrole nitrogens is 1. The molecule has 2 aromatic heterocycles. The van der Waals surface area contributed by atoms with E-state index in [4.69, 9.17) is 0 Å². The number of aromatic amines is 1. The van der Waals surface area contributed by atoms with E-state index in [1.807, 2.05) is 18.2 Å². The second-order valence-electron chi connectivity index (χ2n) is 4.42. The van der Waals surface area contributed by atoms with Crippen LogP contribution in [0.1, 0.15) is 0 Å². The van der Waals surface area contributed by atoms with Gasteiger partial charge < -0.3 is 4.98 Å². The Morgan fingerprint density at radius 3 is 2.80 bits per heavy atom. The quantitative estimate of drug-likeness (QED) is 0.771. The zero-order valence-corrected chi connectivity index (χ0v) is 11.5. The third-order valence-corrected chi connectivity index (χ3v) is 3.30. The maximum absolute atomic E-state index is 11.2. The molecule has 3 rings (SSSR count). The summed E-state index contributed by atoms with van der Waals surface area (Å²) in [5.74, 6) is 0.649. The summed E-state index contributed by atoms with van der Waals surface area (Å²) in [5.41, 5.74) is 2.75. The van der Waals surface area contributed by atoms with E-state index >= 15 is 0 Å². The zero-order valence-electron chi connectivity index (χ0n) is 10.7. The van der Waals surface area contributed by atoms with Gasteiger partial charge in [0.15, 0.2) is 5.65 Å². The Labute approximate surface area is 115 Å². The van der Waals surface area contributed by atoms with Crippen LogP contribution in [0.25, 0.3) is 22.6 Å². The van der Waals surface area contributed by atoms with Crippen molar-refractivity contribution in [2.45, 2.75) is 0 Å². The summed E-state index contributed by atoms with van der Waals surface area (Å²) in [7, 11) is -3.29. The molecule has 0 amide bonds. The van der Waals surface area contributed by atoms with E-state index in [1.54, 1.807) is 24.4 Å². The molecule has 0 atom stereocenters. The summed E-state index contributed by atoms with van der Waals surface area (Å²) in [4.78, 5) is 11.7. The van der Waals surface area contributed by atoms with Crippen molar-refractivity contribution in [3.05, 3.63) is 42.6 Å². The summed E-state index contributed by atoms with van der Waals surface area (Å²) in [6, 6.07) is 10.7. The third kappa shape index (κ3) is 2.62. The van der Waals surface area contributed by atoms with Gasteiger partial charge in [0.1, 0.15) is 5.82 Å². The van der Waals surface area contributed by atoms with E-state index in [0.29, 0.717) is 17.2 Å². The Morgan fingerprint density at radius 2 is 2.05 bits per heavy atom. The third-order valence-electron chi connectivity index (χ3n) is 2.70. The highest BCUT2D eigenvalue weighted by molar-refractivity contribution is 7.92. The number of imidazole rings is 1. The molecule has 0 radical (unpaired) electrons. The molecule has 0 saturated carbocycles. The van der Waals surface area contributed by atoms with Gasteiger partial charge in [-0.05, 0) is 24.3 Å². The molecule has 0 fully saturated rings. The normalized spacial score (nSPS) is 11.7. The molecule has 20 heavy (non-hydrogen) atoms. The molecule has 0 unspecified atom stereocenters. The first kappa shape index (κ1) is 12.6. The molecule has 0 aliphatic heterocycles. The minimum Gasteiger partial charge on any atom is -0.337 e. The van der Waals surface area contributed by atoms with Gasteiger partial charge in [-0.15, -0.1) is 0 Å². The number of sulfonamides is 1. The first-order valence-corrected chi connectivity index (χ1v) is 7.79. The molecule has 2 N–H and O–H groups in total. The second kappa shape index (κ2) is 4.61. The van der Waals surface area contributed by atoms with Gasteiger partial charge in [0.05, 0.1) is 11.8 Å². The highest BCUT2D eigenvalue weighted by atomic mass is 32.2. The van der Waals surface area contributed by atoms with Gasteiger partial charge >= 0.3 is 0 Å². The average Bonchev–Trinajstić information content (AvgIpc) is 2.80. The largest absolute Gasteiger partial charge is 0.337 e. The molecular formula is C13H12N4O2S. The lowest BCUT2D eigenvalue weighted by Crippen LogP contribution is -2.09. The van der Waals surface area contributed by atoms with E-state index < -0.39 is 10.0 Å². The fraction of sp³-hybridized carbons (Fsp3) is 0.0769. The number of nitrogens with one attached hydrogen (secondary N) is 2. The number of hydrogen-bond donors (Lipinski definition) is 2. The van der Waals surface area contributed by atoms with E-state index in [0.717, 1.165) is 17.3 Å². The molecule has 7 heteroatoms. The topological polar surface area (TPSA) is 87.7 Å². The van der Waals surface area contributed by atoms with Gasteiger partial charge in [0.25, 0.3) is 0 Å². The summed E-state index contributed by atoms with van der Waals surface area (Å²) < 4.78 is 24.9. The molecule has 0 saturated heterocycles. The fourth-order valence-corrected chi connectivity index (χ4v) is 2.48. The number of fused-ring (bicyclic) bond motifs is 1. The van der Waals surface area contributed by atoms with Gasteiger partial charge in [0, 0.05) is 17.4 Å². The van der Waals surface area contributed by atoms with Crippen LogP contribution < -0.4 is 4.72 Å². The molecule has 0 bridgehead atoms. The van der Waals surface area contributed by atoms with Crippen LogP contribution in [-0.4, -0.2) is 29.6 Å². The van der Waals surface area contributed by atoms with Crippen molar-refractivity contribution >= 4 is 26.9 Å². The minimum absolute atomic E-state index is 0.499. The van der Waals surface area contributed by atoms with Crippen LogP contribution in [0.2, 0.25) is 0 Å². The maximum Gasteiger partial charge on any atom is 0.229 e. The van der Waals surface area contributed by atoms with Gasteiger partial charge in [0.2, 0.25) is 10.0 Å². The molecule has 102 valence electrons. The van der Waals surface area contributed by atoms with Crippen LogP contribution in [-0.2, 0) is 10.0 Å². The number of pyridine rings is 1. The number of benzene rings is 1. The van der Waals surface area contributed by atoms with Gasteiger partial charge in [-0.1, -0.05) is 12.1 Å². The Morgan fingerprint density at radius 1 is 1.20 bits per heavy atom. The standard InChI is InChI=1S/C13H12N4O2S/c1-20(18,19)17-10-5-2-4-9(8-10)12-15-11-6-3-7-14-13(11)16-12/h2-8,17H,1H3,(H,14,15,16). The van der Waals surface area contributed by atoms with E-state index in [9.17, 15) is 8.42 Å². The van der Waals surface area contributed by atoms with Crippen molar-refractivity contribution < 1.29 is 8.42 Å². The Balaban J connectivity index is 2.03. The first-order valence-electron chi connectivity index (χ1n) is 5.90. The molecule has 1 aromatic carbocycles. The lowest BCUT2D eigenvalue weighted by molar-refractivity contribution is 0.607. The molecule has 3 aromatic rings. The van der Waals surface area contributed by atoms with Crippen molar-refractivity contribution in [1.29, 1.82) is 0 Å². The predicted molar refractivity (Wildman–Crippen MR) is 77.8 cm³/mol. The van der Waals surface area contributed by atoms with Crippen molar-refractivity contribution in [3.63, 3.8) is 0 Å². The molecule has 0 spiro atoms. The van der Waals surface area contributed by atoms with Crippen LogP contribution >= 0.6 is 0 Å². The van der Waals surface area contributed by atoms with Crippen molar-refractivity contribution in [2.24, 2.45) is 0 Å². The minimum atomic E-state index is -3.29. The van der Waals surface area contributed by atoms with E-state index in [-0.39, 0.29) is 0 Å². The van der Waals surface area contributed by atoms with Crippen molar-refractivity contribution in [3.8, 4) is 11.4 Å². The van der Waals surface area contributed by atoms with Crippen LogP contribution in [0.15, 0.2) is 42.6 Å². The Kier molecular flexibility index (Phi) is 2.90. The summed E-state index contributed by atoms with van der Waals surface area (Å²) in [6.45, 7) is 0. The molecule has 0 aliphatic carbocycles. The van der Waals surface area contributed by atoms with Gasteiger partial charge in [-0.2, -0.15) is 0 Å². The Hall–Kier alpha value is -2.41. The highest BCUT2D eigenvalue weighted by Crippen LogP contribution is 2.22. The number of aromatic nitrogens is 3. The highest BCUT2D eigenvalue weighted by Gasteiger charge is 2.07. The summed E-state index contributed by atoms with van der Waals surface area (Å²) >= 11 is 0. The Bertz CT molecular complexity index is 838. The molecular weight excluding hydrogens is 276 g/mol. The first-order chi connectivity index (χ1) is 9.51. The number of rotatable bonds is 3. The van der Waals surface area contributed by atoms with Crippen molar-refractivity contribution in [1.82, 2.24) is 15.0 Å². The lowest BCUT2D eigenvalue weighted by atomic mass is 10.2. The van der Waals surface area contributed by atoms with Crippen LogP contribution in [0.4, 0.5) is 5.69 Å². The SMILES string of the molecule is CS(=O)(=O)Nc1cccc(-c2nc3ncccc3[nH]2)c1. The number of hydrogen-bond acceptors (Lipinski definition) is 4. The molecule has 2 heterocycles. The fourth-order valence-electron chi connectivity index (χ4n) is 1.93. The smallest absolute Gasteiger partial charge is 0.229 e. The monoisotopic (exact) mass is 288 g/mol. The van der Waals surface area contributed by atoms with Gasteiger partial charge in [-0.25, -0.2) is 18.4 Å². The van der Waals surface area contributed by atoms with Crippen LogP contribution in [0.5, 0.6) is 0 Å². The van der Waals surface area contributed by atoms with Gasteiger partial charge in [-0.3, -0.25) is 4.72 Å². The van der Waals surface area contributed by atoms with E-state index in [1.165, 1.54) is 0 Å². The van der Waals surface area contributed by atoms with Crippen LogP contribution in [0, 0.1) is 0 Å². The predicted octanol–water partition coefficient (Wildman–Crippen LogP) is 2.00. The molecule has 0 aliphatic rings. The number of nitrogens with zero attached hydrogens (tertiary/aromatic N) is 2.